The van der Waals surface area contributed by atoms with Crippen LogP contribution in [-0.4, -0.2) is 26.4 Å². The van der Waals surface area contributed by atoms with Gasteiger partial charge in [0.05, 0.1) is 23.7 Å². The Morgan fingerprint density at radius 3 is 2.54 bits per heavy atom. The first-order chi connectivity index (χ1) is 5.89. The van der Waals surface area contributed by atoms with Crippen molar-refractivity contribution in [2.75, 3.05) is 12.4 Å². The molecule has 13 heavy (non-hydrogen) atoms. The molecule has 0 aromatic heterocycles. The lowest BCUT2D eigenvalue weighted by atomic mass is 9.64. The molecule has 1 aliphatic carbocycles. The maximum Gasteiger partial charge on any atom is 0.305 e. The summed E-state index contributed by atoms with van der Waals surface area (Å²) in [6.45, 7) is 0.235. The van der Waals surface area contributed by atoms with Crippen LogP contribution in [0.15, 0.2) is 0 Å². The highest BCUT2D eigenvalue weighted by atomic mass is 32.3. The number of fused-ring (bicyclic) bond motifs is 1. The summed E-state index contributed by atoms with van der Waals surface area (Å²) in [5.74, 6) is -0.608. The highest BCUT2D eigenvalue weighted by Gasteiger charge is 2.64. The normalized spacial score (nSPS) is 42.5. The molecular weight excluding hydrogens is 197 g/mol. The summed E-state index contributed by atoms with van der Waals surface area (Å²) in [6.07, 6.45) is 0.694. The van der Waals surface area contributed by atoms with Crippen LogP contribution in [0.4, 0.5) is 3.89 Å². The zero-order valence-electron chi connectivity index (χ0n) is 6.79. The van der Waals surface area contributed by atoms with Crippen LogP contribution in [0.1, 0.15) is 12.8 Å². The zero-order chi connectivity index (χ0) is 9.74. The Kier molecular flexibility index (Phi) is 1.52. The van der Waals surface area contributed by atoms with Crippen molar-refractivity contribution in [3.8, 4) is 6.07 Å². The van der Waals surface area contributed by atoms with Crippen molar-refractivity contribution >= 4 is 10.2 Å². The van der Waals surface area contributed by atoms with E-state index < -0.39 is 27.0 Å². The van der Waals surface area contributed by atoms with Crippen LogP contribution in [0.5, 0.6) is 0 Å². The molecular formula is C7H8FNO3S. The van der Waals surface area contributed by atoms with E-state index in [0.29, 0.717) is 12.8 Å². The SMILES string of the molecule is N#CC12COC(CS(=O)(=O)F)(C1)C2. The fraction of sp³-hybridized carbons (Fsp3) is 0.857. The molecule has 0 aromatic rings. The van der Waals surface area contributed by atoms with Gasteiger partial charge < -0.3 is 4.74 Å². The van der Waals surface area contributed by atoms with Gasteiger partial charge in [-0.15, -0.1) is 3.89 Å². The van der Waals surface area contributed by atoms with Crippen LogP contribution in [-0.2, 0) is 15.0 Å². The van der Waals surface area contributed by atoms with E-state index in [1.54, 1.807) is 0 Å². The first-order valence-corrected chi connectivity index (χ1v) is 5.42. The molecule has 2 aliphatic heterocycles. The number of hydrogen-bond acceptors (Lipinski definition) is 4. The van der Waals surface area contributed by atoms with Gasteiger partial charge in [0.25, 0.3) is 0 Å². The third-order valence-electron chi connectivity index (χ3n) is 2.65. The van der Waals surface area contributed by atoms with E-state index in [1.165, 1.54) is 0 Å². The van der Waals surface area contributed by atoms with E-state index in [0.717, 1.165) is 0 Å². The standard InChI is InChI=1S/C7H8FNO3S/c8-13(10,11)5-7-1-6(2-7,3-9)4-12-7/h1-2,4-5H2. The summed E-state index contributed by atoms with van der Waals surface area (Å²) in [5, 5.41) is 8.70. The summed E-state index contributed by atoms with van der Waals surface area (Å²) >= 11 is 0. The molecule has 1 saturated carbocycles. The van der Waals surface area contributed by atoms with Crippen molar-refractivity contribution in [2.24, 2.45) is 5.41 Å². The third kappa shape index (κ3) is 1.32. The number of rotatable bonds is 2. The van der Waals surface area contributed by atoms with E-state index >= 15 is 0 Å². The first-order valence-electron chi connectivity index (χ1n) is 3.86. The maximum absolute atomic E-state index is 12.3. The van der Waals surface area contributed by atoms with Crippen molar-refractivity contribution in [2.45, 2.75) is 18.4 Å². The molecule has 0 N–H and O–H groups in total. The number of nitriles is 1. The van der Waals surface area contributed by atoms with E-state index in [4.69, 9.17) is 10.00 Å². The molecule has 0 atom stereocenters. The van der Waals surface area contributed by atoms with Gasteiger partial charge in [0.2, 0.25) is 0 Å². The molecule has 2 saturated heterocycles. The van der Waals surface area contributed by atoms with Crippen LogP contribution >= 0.6 is 0 Å². The van der Waals surface area contributed by atoms with Crippen LogP contribution in [0.3, 0.4) is 0 Å². The molecule has 3 rings (SSSR count). The summed E-state index contributed by atoms with van der Waals surface area (Å²) in [5.41, 5.74) is -1.44. The quantitative estimate of drug-likeness (QED) is 0.610. The fourth-order valence-corrected chi connectivity index (χ4v) is 3.16. The van der Waals surface area contributed by atoms with Gasteiger partial charge in [-0.2, -0.15) is 13.7 Å². The number of nitrogens with zero attached hydrogens (tertiary/aromatic N) is 1. The summed E-state index contributed by atoms with van der Waals surface area (Å²) in [7, 11) is -4.50. The van der Waals surface area contributed by atoms with Gasteiger partial charge >= 0.3 is 10.2 Å². The maximum atomic E-state index is 12.3. The average molecular weight is 205 g/mol. The van der Waals surface area contributed by atoms with Crippen LogP contribution in [0, 0.1) is 16.7 Å². The number of halogens is 1. The lowest BCUT2D eigenvalue weighted by Crippen LogP contribution is -2.47. The molecule has 0 amide bonds. The van der Waals surface area contributed by atoms with Gasteiger partial charge in [-0.1, -0.05) is 0 Å². The molecule has 4 nitrogen and oxygen atoms in total. The molecule has 0 aromatic carbocycles. The van der Waals surface area contributed by atoms with Crippen molar-refractivity contribution in [3.63, 3.8) is 0 Å². The van der Waals surface area contributed by atoms with Gasteiger partial charge in [0, 0.05) is 0 Å². The van der Waals surface area contributed by atoms with Crippen LogP contribution in [0.25, 0.3) is 0 Å². The van der Waals surface area contributed by atoms with Gasteiger partial charge in [-0.05, 0) is 12.8 Å². The number of hydrogen-bond donors (Lipinski definition) is 0. The highest BCUT2D eigenvalue weighted by Crippen LogP contribution is 2.57. The molecule has 2 heterocycles. The fourth-order valence-electron chi connectivity index (χ4n) is 2.25. The molecule has 3 fully saturated rings. The highest BCUT2D eigenvalue weighted by molar-refractivity contribution is 7.86. The average Bonchev–Trinajstić information content (AvgIpc) is 2.38. The minimum atomic E-state index is -4.50. The smallest absolute Gasteiger partial charge is 0.305 e. The van der Waals surface area contributed by atoms with Crippen LogP contribution < -0.4 is 0 Å². The Balaban J connectivity index is 2.12. The number of ether oxygens (including phenoxy) is 1. The first kappa shape index (κ1) is 8.91. The monoisotopic (exact) mass is 205 g/mol. The van der Waals surface area contributed by atoms with Crippen molar-refractivity contribution in [3.05, 3.63) is 0 Å². The summed E-state index contributed by atoms with van der Waals surface area (Å²) in [6, 6.07) is 2.07. The topological polar surface area (TPSA) is 67.2 Å². The Hall–Kier alpha value is -0.670. The lowest BCUT2D eigenvalue weighted by molar-refractivity contribution is 0.0154. The van der Waals surface area contributed by atoms with Crippen LogP contribution in [0.2, 0.25) is 0 Å². The molecule has 3 aliphatic rings. The second-order valence-electron chi connectivity index (χ2n) is 3.90. The second-order valence-corrected chi connectivity index (χ2v) is 5.27. The predicted octanol–water partition coefficient (Wildman–Crippen LogP) is 0.358. The molecule has 6 heteroatoms. The summed E-state index contributed by atoms with van der Waals surface area (Å²) in [4.78, 5) is 0. The second kappa shape index (κ2) is 2.22. The third-order valence-corrected chi connectivity index (χ3v) is 3.52. The zero-order valence-corrected chi connectivity index (χ0v) is 7.60. The molecule has 2 bridgehead atoms. The Bertz CT molecular complexity index is 377. The van der Waals surface area contributed by atoms with Crippen molar-refractivity contribution < 1.29 is 17.0 Å². The van der Waals surface area contributed by atoms with Gasteiger partial charge in [-0.25, -0.2) is 0 Å². The Morgan fingerprint density at radius 2 is 2.15 bits per heavy atom. The largest absolute Gasteiger partial charge is 0.372 e. The van der Waals surface area contributed by atoms with Crippen molar-refractivity contribution in [1.29, 1.82) is 5.26 Å². The Morgan fingerprint density at radius 1 is 1.54 bits per heavy atom. The summed E-state index contributed by atoms with van der Waals surface area (Å²) < 4.78 is 38.3. The van der Waals surface area contributed by atoms with E-state index in [-0.39, 0.29) is 6.61 Å². The molecule has 0 spiro atoms. The van der Waals surface area contributed by atoms with Gasteiger partial charge in [0.15, 0.2) is 0 Å². The molecule has 0 unspecified atom stereocenters. The van der Waals surface area contributed by atoms with Gasteiger partial charge in [0.1, 0.15) is 5.75 Å². The van der Waals surface area contributed by atoms with E-state index in [9.17, 15) is 12.3 Å². The predicted molar refractivity (Wildman–Crippen MR) is 40.9 cm³/mol. The van der Waals surface area contributed by atoms with Crippen molar-refractivity contribution in [1.82, 2.24) is 0 Å². The van der Waals surface area contributed by atoms with E-state index in [2.05, 4.69) is 6.07 Å². The van der Waals surface area contributed by atoms with E-state index in [1.807, 2.05) is 0 Å². The lowest BCUT2D eigenvalue weighted by Gasteiger charge is -2.38. The molecule has 72 valence electrons. The minimum Gasteiger partial charge on any atom is -0.372 e. The Labute approximate surface area is 75.5 Å². The minimum absolute atomic E-state index is 0.235. The molecule has 0 radical (unpaired) electrons. The van der Waals surface area contributed by atoms with Gasteiger partial charge in [-0.3, -0.25) is 0 Å².